The van der Waals surface area contributed by atoms with Crippen LogP contribution in [0.3, 0.4) is 0 Å². The number of cyclic esters (lactones) is 1. The van der Waals surface area contributed by atoms with E-state index in [4.69, 9.17) is 29.2 Å². The van der Waals surface area contributed by atoms with E-state index < -0.39 is 147 Å². The van der Waals surface area contributed by atoms with Gasteiger partial charge in [-0.15, -0.1) is 0 Å². The second-order valence-corrected chi connectivity index (χ2v) is 17.9. The molecule has 3 heterocycles. The lowest BCUT2D eigenvalue weighted by molar-refractivity contribution is -0.317. The normalized spacial score (nSPS) is 43.8. The predicted molar refractivity (Wildman–Crippen MR) is 247 cm³/mol. The quantitative estimate of drug-likeness (QED) is 0.0819. The lowest BCUT2D eigenvalue weighted by Gasteiger charge is -2.47. The predicted octanol–water partition coefficient (Wildman–Crippen LogP) is 2.72. The average Bonchev–Trinajstić information content (AvgIpc) is 3.27. The largest absolute Gasteiger partial charge is 0.481 e. The van der Waals surface area contributed by atoms with E-state index in [-0.39, 0.29) is 31.6 Å². The van der Waals surface area contributed by atoms with Crippen molar-refractivity contribution in [1.82, 2.24) is 0 Å². The first-order chi connectivity index (χ1) is 32.2. The van der Waals surface area contributed by atoms with Crippen LogP contribution in [0.5, 0.6) is 0 Å². The molecule has 0 aromatic heterocycles. The van der Waals surface area contributed by atoms with Gasteiger partial charge in [-0.2, -0.15) is 0 Å². The molecule has 0 aromatic carbocycles. The van der Waals surface area contributed by atoms with Crippen LogP contribution in [-0.4, -0.2) is 168 Å². The summed E-state index contributed by atoms with van der Waals surface area (Å²) in [4.78, 5) is 28.0. The minimum Gasteiger partial charge on any atom is -0.481 e. The highest BCUT2D eigenvalue weighted by Crippen LogP contribution is 2.40. The van der Waals surface area contributed by atoms with Crippen molar-refractivity contribution in [3.63, 3.8) is 0 Å². The van der Waals surface area contributed by atoms with E-state index >= 15 is 0 Å². The number of carboxylic acid groups (broad SMARTS) is 1. The number of aliphatic hydroxyl groups is 9. The molecule has 2 unspecified atom stereocenters. The van der Waals surface area contributed by atoms with Crippen molar-refractivity contribution in [2.75, 3.05) is 7.11 Å². The maximum atomic E-state index is 12.7. The van der Waals surface area contributed by atoms with Gasteiger partial charge in [-0.1, -0.05) is 104 Å². The summed E-state index contributed by atoms with van der Waals surface area (Å²) in [5, 5.41) is 112. The summed E-state index contributed by atoms with van der Waals surface area (Å²) >= 11 is 0. The molecule has 382 valence electrons. The van der Waals surface area contributed by atoms with Crippen LogP contribution in [0.2, 0.25) is 0 Å². The van der Waals surface area contributed by atoms with Crippen molar-refractivity contribution in [2.45, 2.75) is 177 Å². The number of esters is 1. The number of aliphatic hydroxyl groups excluding tert-OH is 9. The van der Waals surface area contributed by atoms with Crippen LogP contribution in [0.15, 0.2) is 90.2 Å². The highest BCUT2D eigenvalue weighted by atomic mass is 16.7. The summed E-state index contributed by atoms with van der Waals surface area (Å²) in [5.74, 6) is -6.26. The first kappa shape index (κ1) is 58.2. The van der Waals surface area contributed by atoms with E-state index in [0.717, 1.165) is 0 Å². The van der Waals surface area contributed by atoms with Gasteiger partial charge in [0.2, 0.25) is 0 Å². The smallest absolute Gasteiger partial charge is 0.311 e. The number of allylic oxidation sites excluding steroid dienone is 12. The number of ether oxygens (including phenoxy) is 5. The van der Waals surface area contributed by atoms with E-state index in [0.29, 0.717) is 0 Å². The molecule has 3 aliphatic rings. The summed E-state index contributed by atoms with van der Waals surface area (Å²) in [7, 11) is 1.23. The molecule has 2 bridgehead atoms. The van der Waals surface area contributed by atoms with Gasteiger partial charge in [0.05, 0.1) is 79.6 Å². The number of hydrogen-bond donors (Lipinski definition) is 10. The van der Waals surface area contributed by atoms with E-state index in [2.05, 4.69) is 10.0 Å². The average molecular weight is 964 g/mol. The van der Waals surface area contributed by atoms with Crippen molar-refractivity contribution in [3.8, 4) is 0 Å². The second kappa shape index (κ2) is 29.2. The number of azide groups is 1. The van der Waals surface area contributed by atoms with Gasteiger partial charge in [0.15, 0.2) is 12.1 Å². The number of carbonyl (C=O) groups is 2. The lowest BCUT2D eigenvalue weighted by Crippen LogP contribution is -2.58. The number of nitrogens with zero attached hydrogens (tertiary/aromatic N) is 3. The fourth-order valence-electron chi connectivity index (χ4n) is 8.30. The first-order valence-corrected chi connectivity index (χ1v) is 23.0. The Kier molecular flexibility index (Phi) is 25.0. The topological polar surface area (TPSA) is 331 Å². The van der Waals surface area contributed by atoms with Gasteiger partial charge in [0.1, 0.15) is 18.1 Å². The van der Waals surface area contributed by atoms with Crippen LogP contribution >= 0.6 is 0 Å². The zero-order valence-electron chi connectivity index (χ0n) is 39.3. The summed E-state index contributed by atoms with van der Waals surface area (Å²) in [6.45, 7) is 6.70. The van der Waals surface area contributed by atoms with E-state index in [1.807, 2.05) is 13.0 Å². The Balaban J connectivity index is 1.92. The molecule has 2 saturated heterocycles. The van der Waals surface area contributed by atoms with Gasteiger partial charge >= 0.3 is 11.9 Å². The van der Waals surface area contributed by atoms with Gasteiger partial charge in [-0.05, 0) is 38.6 Å². The third kappa shape index (κ3) is 18.7. The number of aliphatic carboxylic acids is 1. The molecule has 3 rings (SSSR count). The molecule has 10 N–H and O–H groups in total. The number of methoxy groups -OCH3 is 1. The third-order valence-corrected chi connectivity index (χ3v) is 12.5. The van der Waals surface area contributed by atoms with Crippen molar-refractivity contribution in [1.29, 1.82) is 0 Å². The zero-order chi connectivity index (χ0) is 50.6. The number of hydrogen-bond acceptors (Lipinski definition) is 17. The molecule has 0 radical (unpaired) electrons. The van der Waals surface area contributed by atoms with Crippen LogP contribution in [0.25, 0.3) is 10.4 Å². The van der Waals surface area contributed by atoms with Gasteiger partial charge in [-0.3, -0.25) is 9.59 Å². The zero-order valence-corrected chi connectivity index (χ0v) is 39.3. The van der Waals surface area contributed by atoms with Crippen LogP contribution in [0.4, 0.5) is 0 Å². The van der Waals surface area contributed by atoms with Gasteiger partial charge < -0.3 is 74.7 Å². The Morgan fingerprint density at radius 2 is 1.29 bits per heavy atom. The van der Waals surface area contributed by atoms with E-state index in [9.17, 15) is 60.7 Å². The number of carboxylic acids is 1. The Bertz CT molecular complexity index is 1820. The molecule has 2 fully saturated rings. The third-order valence-electron chi connectivity index (χ3n) is 12.5. The Labute approximate surface area is 397 Å². The second-order valence-electron chi connectivity index (χ2n) is 17.9. The minimum absolute atomic E-state index is 0.0949. The SMILES string of the molecule is CO[C@]12C[C@@H](O)C[C@@H](O)[C@H](O)CC[C@@H](O)C[C@@H](O)CC(=O)O[C@@H](C)[C@H](C)[C@H](O)[C@@H](C)/C=C/C=C/C=C/C=C/C=C/C=C/C=C/[C@H](O[C@@H]3O[C@H](C)[C@@H](O)[C@H](N=[N+]=[N-])C3O)CC(O1)[C@H](C(=O)O)[C@@H](O)C2. The Hall–Kier alpha value is -4.09. The highest BCUT2D eigenvalue weighted by Gasteiger charge is 2.52. The van der Waals surface area contributed by atoms with Crippen molar-refractivity contribution < 1.29 is 84.3 Å². The molecule has 3 aliphatic heterocycles. The van der Waals surface area contributed by atoms with Crippen LogP contribution in [0, 0.1) is 17.8 Å². The number of fused-ring (bicyclic) bond motifs is 2. The van der Waals surface area contributed by atoms with Gasteiger partial charge in [0, 0.05) is 49.5 Å². The van der Waals surface area contributed by atoms with Crippen LogP contribution in [-0.2, 0) is 33.3 Å². The molecular formula is C48H73N3O17. The van der Waals surface area contributed by atoms with Crippen molar-refractivity contribution >= 4 is 11.9 Å². The van der Waals surface area contributed by atoms with E-state index in [1.165, 1.54) is 20.1 Å². The fraction of sp³-hybridized carbons (Fsp3) is 0.667. The van der Waals surface area contributed by atoms with Gasteiger partial charge in [0.25, 0.3) is 0 Å². The summed E-state index contributed by atoms with van der Waals surface area (Å²) in [5.41, 5.74) is 9.10. The highest BCUT2D eigenvalue weighted by molar-refractivity contribution is 5.71. The molecule has 20 heteroatoms. The molecule has 0 aromatic rings. The molecule has 0 amide bonds. The monoisotopic (exact) mass is 963 g/mol. The van der Waals surface area contributed by atoms with Crippen LogP contribution in [0.1, 0.15) is 79.1 Å². The van der Waals surface area contributed by atoms with E-state index in [1.54, 1.807) is 86.8 Å². The summed E-state index contributed by atoms with van der Waals surface area (Å²) in [6.07, 6.45) is 3.79. The molecule has 0 aliphatic carbocycles. The summed E-state index contributed by atoms with van der Waals surface area (Å²) < 4.78 is 29.3. The maximum absolute atomic E-state index is 12.7. The first-order valence-electron chi connectivity index (χ1n) is 23.0. The lowest BCUT2D eigenvalue weighted by atomic mass is 9.82. The molecule has 68 heavy (non-hydrogen) atoms. The summed E-state index contributed by atoms with van der Waals surface area (Å²) in [6, 6.07) is -1.36. The van der Waals surface area contributed by atoms with Crippen molar-refractivity contribution in [2.24, 2.45) is 22.9 Å². The standard InChI is InChI=1S/C48H73N3O17/c1-28-18-16-14-12-10-8-6-7-9-11-13-15-17-19-35(67-47-45(61)42(50-51-49)44(60)31(4)66-47)25-39-41(46(62)63)38(57)27-48(64-5,68-39)26-34(54)23-37(56)36(55)21-20-32(52)22-33(53)24-40(58)65-30(3)29(2)43(28)59/h6-19,28-39,41-45,47,52-57,59-61H,20-27H2,1-5H3,(H,62,63)/b7-6+,10-8+,11-9+,14-12+,15-13+,18-16+,19-17+/t28-,29-,30-,31+,32+,33+,34-,35-,36+,37+,38-,39?,41+,42-,43+,44+,45?,47-,48+/m0/s1. The Morgan fingerprint density at radius 1 is 0.706 bits per heavy atom. The molecule has 0 saturated carbocycles. The molecular weight excluding hydrogens is 891 g/mol. The van der Waals surface area contributed by atoms with Crippen LogP contribution < -0.4 is 0 Å². The fourth-order valence-corrected chi connectivity index (χ4v) is 8.30. The molecule has 19 atom stereocenters. The Morgan fingerprint density at radius 3 is 1.87 bits per heavy atom. The molecule has 0 spiro atoms. The van der Waals surface area contributed by atoms with Crippen molar-refractivity contribution in [3.05, 3.63) is 95.5 Å². The number of carbonyl (C=O) groups excluding carboxylic acids is 1. The number of rotatable bonds is 5. The van der Waals surface area contributed by atoms with Gasteiger partial charge in [-0.25, -0.2) is 0 Å². The maximum Gasteiger partial charge on any atom is 0.311 e. The minimum atomic E-state index is -1.82. The molecule has 20 nitrogen and oxygen atoms in total.